The second kappa shape index (κ2) is 10.6. The van der Waals surface area contributed by atoms with Gasteiger partial charge >= 0.3 is 6.03 Å². The molecule has 0 bridgehead atoms. The Hall–Kier alpha value is -2.71. The van der Waals surface area contributed by atoms with Crippen LogP contribution in [0.5, 0.6) is 5.88 Å². The van der Waals surface area contributed by atoms with Gasteiger partial charge in [0.05, 0.1) is 24.2 Å². The van der Waals surface area contributed by atoms with Gasteiger partial charge in [0.1, 0.15) is 6.61 Å². The van der Waals surface area contributed by atoms with E-state index >= 15 is 0 Å². The number of rotatable bonds is 8. The molecule has 8 nitrogen and oxygen atoms in total. The van der Waals surface area contributed by atoms with Gasteiger partial charge in [-0.3, -0.25) is 9.88 Å². The maximum absolute atomic E-state index is 12.2. The first-order chi connectivity index (χ1) is 13.7. The Morgan fingerprint density at radius 3 is 2.71 bits per heavy atom. The van der Waals surface area contributed by atoms with Crippen LogP contribution in [0, 0.1) is 0 Å². The number of hydrogen-bond acceptors (Lipinski definition) is 6. The molecule has 1 fully saturated rings. The molecule has 1 aliphatic heterocycles. The van der Waals surface area contributed by atoms with Crippen molar-refractivity contribution in [2.24, 2.45) is 0 Å². The Morgan fingerprint density at radius 2 is 2.04 bits per heavy atom. The van der Waals surface area contributed by atoms with E-state index in [0.29, 0.717) is 24.8 Å². The zero-order chi connectivity index (χ0) is 19.6. The number of hydrogen-bond donors (Lipinski definition) is 2. The van der Waals surface area contributed by atoms with Crippen molar-refractivity contribution in [1.82, 2.24) is 20.2 Å². The minimum absolute atomic E-state index is 0.171. The van der Waals surface area contributed by atoms with Crippen LogP contribution in [0.3, 0.4) is 0 Å². The van der Waals surface area contributed by atoms with Crippen LogP contribution in [0.1, 0.15) is 18.5 Å². The fourth-order valence-corrected chi connectivity index (χ4v) is 3.08. The number of anilines is 1. The summed E-state index contributed by atoms with van der Waals surface area (Å²) in [5.41, 5.74) is 1.71. The molecule has 2 aromatic heterocycles. The Morgan fingerprint density at radius 1 is 1.18 bits per heavy atom. The molecule has 0 aromatic carbocycles. The number of nitrogens with zero attached hydrogens (tertiary/aromatic N) is 3. The number of carbonyl (C=O) groups excluding carboxylic acids is 1. The van der Waals surface area contributed by atoms with E-state index in [1.54, 1.807) is 25.4 Å². The van der Waals surface area contributed by atoms with Gasteiger partial charge in [0, 0.05) is 45.0 Å². The molecule has 0 atom stereocenters. The lowest BCUT2D eigenvalue weighted by Crippen LogP contribution is -2.45. The predicted octanol–water partition coefficient (Wildman–Crippen LogP) is 2.29. The van der Waals surface area contributed by atoms with Crippen molar-refractivity contribution in [2.75, 3.05) is 38.7 Å². The van der Waals surface area contributed by atoms with Gasteiger partial charge in [-0.1, -0.05) is 6.07 Å². The highest BCUT2D eigenvalue weighted by atomic mass is 16.5. The number of amides is 2. The van der Waals surface area contributed by atoms with Gasteiger partial charge in [-0.05, 0) is 31.0 Å². The highest BCUT2D eigenvalue weighted by molar-refractivity contribution is 5.89. The molecule has 1 saturated heterocycles. The van der Waals surface area contributed by atoms with Crippen LogP contribution in [0.2, 0.25) is 0 Å². The number of aromatic nitrogens is 2. The minimum Gasteiger partial charge on any atom is -0.475 e. The highest BCUT2D eigenvalue weighted by Crippen LogP contribution is 2.14. The third-order valence-corrected chi connectivity index (χ3v) is 4.57. The molecule has 3 heterocycles. The first-order valence-electron chi connectivity index (χ1n) is 9.50. The first kappa shape index (κ1) is 20.0. The van der Waals surface area contributed by atoms with Crippen LogP contribution in [0.25, 0.3) is 0 Å². The zero-order valence-electron chi connectivity index (χ0n) is 16.1. The Labute approximate surface area is 165 Å². The van der Waals surface area contributed by atoms with E-state index in [1.807, 2.05) is 24.4 Å². The molecule has 0 unspecified atom stereocenters. The number of carbonyl (C=O) groups is 1. The molecule has 2 aromatic rings. The van der Waals surface area contributed by atoms with Crippen LogP contribution >= 0.6 is 0 Å². The average Bonchev–Trinajstić information content (AvgIpc) is 2.72. The van der Waals surface area contributed by atoms with Gasteiger partial charge < -0.3 is 20.1 Å². The number of urea groups is 1. The third-order valence-electron chi connectivity index (χ3n) is 4.57. The topological polar surface area (TPSA) is 88.6 Å². The first-order valence-corrected chi connectivity index (χ1v) is 9.50. The van der Waals surface area contributed by atoms with Crippen LogP contribution in [0.15, 0.2) is 42.7 Å². The van der Waals surface area contributed by atoms with Crippen molar-refractivity contribution in [3.8, 4) is 5.88 Å². The summed E-state index contributed by atoms with van der Waals surface area (Å²) in [5, 5.41) is 5.86. The zero-order valence-corrected chi connectivity index (χ0v) is 16.1. The molecule has 2 amide bonds. The minimum atomic E-state index is -0.210. The summed E-state index contributed by atoms with van der Waals surface area (Å²) in [5.74, 6) is 0.503. The van der Waals surface area contributed by atoms with Crippen molar-refractivity contribution in [3.63, 3.8) is 0 Å². The number of pyridine rings is 2. The summed E-state index contributed by atoms with van der Waals surface area (Å²) in [6.07, 6.45) is 5.24. The van der Waals surface area contributed by atoms with E-state index in [2.05, 4.69) is 25.5 Å². The van der Waals surface area contributed by atoms with Crippen molar-refractivity contribution < 1.29 is 14.3 Å². The molecule has 1 aliphatic rings. The van der Waals surface area contributed by atoms with Crippen molar-refractivity contribution in [2.45, 2.75) is 25.4 Å². The van der Waals surface area contributed by atoms with Crippen molar-refractivity contribution in [3.05, 3.63) is 48.4 Å². The maximum atomic E-state index is 12.2. The summed E-state index contributed by atoms with van der Waals surface area (Å²) in [7, 11) is 1.62. The fraction of sp³-hybridized carbons (Fsp3) is 0.450. The van der Waals surface area contributed by atoms with Gasteiger partial charge in [0.15, 0.2) is 0 Å². The number of nitrogens with one attached hydrogen (secondary N) is 2. The molecule has 150 valence electrons. The van der Waals surface area contributed by atoms with Crippen LogP contribution in [-0.4, -0.2) is 60.4 Å². The molecule has 28 heavy (non-hydrogen) atoms. The van der Waals surface area contributed by atoms with Crippen LogP contribution in [-0.2, 0) is 11.3 Å². The van der Waals surface area contributed by atoms with Crippen LogP contribution in [0.4, 0.5) is 10.5 Å². The number of methoxy groups -OCH3 is 1. The van der Waals surface area contributed by atoms with E-state index < -0.39 is 0 Å². The van der Waals surface area contributed by atoms with Gasteiger partial charge in [0.25, 0.3) is 0 Å². The molecular formula is C20H27N5O3. The molecular weight excluding hydrogens is 358 g/mol. The summed E-state index contributed by atoms with van der Waals surface area (Å²) in [4.78, 5) is 23.1. The Bertz CT molecular complexity index is 718. The molecule has 3 rings (SSSR count). The van der Waals surface area contributed by atoms with Gasteiger partial charge in [0.2, 0.25) is 5.88 Å². The van der Waals surface area contributed by atoms with Gasteiger partial charge in [-0.25, -0.2) is 9.78 Å². The quantitative estimate of drug-likeness (QED) is 0.678. The van der Waals surface area contributed by atoms with E-state index in [4.69, 9.17) is 9.47 Å². The molecule has 0 aliphatic carbocycles. The fourth-order valence-electron chi connectivity index (χ4n) is 3.08. The molecule has 2 N–H and O–H groups in total. The number of likely N-dealkylation sites (tertiary alicyclic amines) is 1. The summed E-state index contributed by atoms with van der Waals surface area (Å²) in [6.45, 7) is 3.68. The normalized spacial score (nSPS) is 15.2. The summed E-state index contributed by atoms with van der Waals surface area (Å²) < 4.78 is 10.3. The highest BCUT2D eigenvalue weighted by Gasteiger charge is 2.21. The summed E-state index contributed by atoms with van der Waals surface area (Å²) >= 11 is 0. The lowest BCUT2D eigenvalue weighted by atomic mass is 10.1. The Balaban J connectivity index is 1.37. The molecule has 0 radical (unpaired) electrons. The average molecular weight is 385 g/mol. The second-order valence-corrected chi connectivity index (χ2v) is 6.70. The summed E-state index contributed by atoms with van der Waals surface area (Å²) in [6, 6.07) is 9.43. The van der Waals surface area contributed by atoms with Crippen molar-refractivity contribution in [1.29, 1.82) is 0 Å². The smallest absolute Gasteiger partial charge is 0.319 e. The van der Waals surface area contributed by atoms with Gasteiger partial charge in [-0.15, -0.1) is 0 Å². The number of piperidine rings is 1. The van der Waals surface area contributed by atoms with E-state index in [1.165, 1.54) is 0 Å². The second-order valence-electron chi connectivity index (χ2n) is 6.70. The largest absolute Gasteiger partial charge is 0.475 e. The SMILES string of the molecule is COCCOc1ccc(NC(=O)NC2CCN(Cc3ccccn3)CC2)cn1. The third kappa shape index (κ3) is 6.47. The van der Waals surface area contributed by atoms with E-state index in [-0.39, 0.29) is 12.1 Å². The Kier molecular flexibility index (Phi) is 7.57. The number of ether oxygens (including phenoxy) is 2. The maximum Gasteiger partial charge on any atom is 0.319 e. The van der Waals surface area contributed by atoms with Crippen molar-refractivity contribution >= 4 is 11.7 Å². The van der Waals surface area contributed by atoms with E-state index in [9.17, 15) is 4.79 Å². The lowest BCUT2D eigenvalue weighted by Gasteiger charge is -2.32. The molecule has 0 spiro atoms. The van der Waals surface area contributed by atoms with Crippen LogP contribution < -0.4 is 15.4 Å². The monoisotopic (exact) mass is 385 g/mol. The molecule has 8 heteroatoms. The van der Waals surface area contributed by atoms with E-state index in [0.717, 1.165) is 38.2 Å². The lowest BCUT2D eigenvalue weighted by molar-refractivity contribution is 0.144. The predicted molar refractivity (Wildman–Crippen MR) is 106 cm³/mol. The standard InChI is InChI=1S/C20H27N5O3/c1-27-12-13-28-19-6-5-17(14-22-19)24-20(26)23-16-7-10-25(11-8-16)15-18-4-2-3-9-21-18/h2-6,9,14,16H,7-8,10-13,15H2,1H3,(H2,23,24,26). The van der Waals surface area contributed by atoms with Gasteiger partial charge in [-0.2, -0.15) is 0 Å². The molecule has 0 saturated carbocycles.